The molecule has 0 aliphatic carbocycles. The second kappa shape index (κ2) is 6.61. The largest absolute Gasteiger partial charge is 0.376 e. The fraction of sp³-hybridized carbons (Fsp3) is 0.818. The molecule has 0 aromatic carbocycles. The lowest BCUT2D eigenvalue weighted by Gasteiger charge is -2.24. The number of hydrogen-bond donors (Lipinski definition) is 0. The van der Waals surface area contributed by atoms with E-state index in [4.69, 9.17) is 4.74 Å². The maximum atomic E-state index is 5.62. The summed E-state index contributed by atoms with van der Waals surface area (Å²) in [5.74, 6) is 0. The molecule has 0 spiro atoms. The second-order valence-electron chi connectivity index (χ2n) is 3.90. The third-order valence-electron chi connectivity index (χ3n) is 2.08. The van der Waals surface area contributed by atoms with Crippen molar-refractivity contribution in [2.24, 2.45) is 0 Å². The molecular weight excluding hydrogens is 228 g/mol. The molecule has 78 valence electrons. The summed E-state index contributed by atoms with van der Waals surface area (Å²) >= 11 is 3.39. The minimum absolute atomic E-state index is 0.0240. The number of hydrogen-bond acceptors (Lipinski definition) is 1. The second-order valence-corrected chi connectivity index (χ2v) is 4.54. The molecular formula is C11H21BrO. The molecule has 2 heteroatoms. The summed E-state index contributed by atoms with van der Waals surface area (Å²) in [7, 11) is 0. The van der Waals surface area contributed by atoms with Gasteiger partial charge in [-0.25, -0.2) is 0 Å². The van der Waals surface area contributed by atoms with Crippen molar-refractivity contribution in [1.29, 1.82) is 0 Å². The van der Waals surface area contributed by atoms with Crippen LogP contribution in [0.2, 0.25) is 0 Å². The van der Waals surface area contributed by atoms with Gasteiger partial charge in [-0.15, -0.1) is 0 Å². The standard InChI is InChI=1S/C11H21BrO/c1-5-13-11(3,4)8-6-10(2)7-9-12/h7H,5-6,8-9H2,1-4H3. The van der Waals surface area contributed by atoms with Crippen LogP contribution in [0.4, 0.5) is 0 Å². The van der Waals surface area contributed by atoms with Crippen LogP contribution in [0, 0.1) is 0 Å². The van der Waals surface area contributed by atoms with E-state index in [9.17, 15) is 0 Å². The summed E-state index contributed by atoms with van der Waals surface area (Å²) < 4.78 is 5.62. The van der Waals surface area contributed by atoms with Gasteiger partial charge in [0, 0.05) is 11.9 Å². The SMILES string of the molecule is CCOC(C)(C)CCC(C)=CCBr. The molecule has 0 amide bonds. The highest BCUT2D eigenvalue weighted by Gasteiger charge is 2.16. The molecule has 0 N–H and O–H groups in total. The first-order chi connectivity index (χ1) is 6.02. The lowest BCUT2D eigenvalue weighted by Crippen LogP contribution is -2.24. The van der Waals surface area contributed by atoms with Gasteiger partial charge in [-0.3, -0.25) is 0 Å². The van der Waals surface area contributed by atoms with Crippen molar-refractivity contribution >= 4 is 15.9 Å². The van der Waals surface area contributed by atoms with Gasteiger partial charge in [-0.2, -0.15) is 0 Å². The molecule has 13 heavy (non-hydrogen) atoms. The van der Waals surface area contributed by atoms with Crippen LogP contribution in [0.1, 0.15) is 40.5 Å². The van der Waals surface area contributed by atoms with Gasteiger partial charge in [0.15, 0.2) is 0 Å². The first kappa shape index (κ1) is 13.2. The maximum Gasteiger partial charge on any atom is 0.0629 e. The quantitative estimate of drug-likeness (QED) is 0.512. The van der Waals surface area contributed by atoms with Gasteiger partial charge in [-0.1, -0.05) is 27.6 Å². The molecule has 1 nitrogen and oxygen atoms in total. The summed E-state index contributed by atoms with van der Waals surface area (Å²) in [6.07, 6.45) is 4.43. The fourth-order valence-corrected chi connectivity index (χ4v) is 1.75. The van der Waals surface area contributed by atoms with E-state index in [-0.39, 0.29) is 5.60 Å². The third kappa shape index (κ3) is 7.27. The van der Waals surface area contributed by atoms with Crippen LogP contribution in [0.5, 0.6) is 0 Å². The highest BCUT2D eigenvalue weighted by molar-refractivity contribution is 9.09. The normalized spacial score (nSPS) is 13.5. The van der Waals surface area contributed by atoms with E-state index in [1.807, 2.05) is 6.92 Å². The molecule has 0 fully saturated rings. The molecule has 0 aliphatic rings. The Bertz CT molecular complexity index is 161. The monoisotopic (exact) mass is 248 g/mol. The van der Waals surface area contributed by atoms with Gasteiger partial charge in [0.2, 0.25) is 0 Å². The van der Waals surface area contributed by atoms with E-state index >= 15 is 0 Å². The van der Waals surface area contributed by atoms with E-state index in [2.05, 4.69) is 42.8 Å². The first-order valence-corrected chi connectivity index (χ1v) is 5.99. The average Bonchev–Trinajstić information content (AvgIpc) is 2.02. The van der Waals surface area contributed by atoms with Crippen molar-refractivity contribution in [1.82, 2.24) is 0 Å². The van der Waals surface area contributed by atoms with Crippen LogP contribution in [0.25, 0.3) is 0 Å². The zero-order valence-electron chi connectivity index (χ0n) is 9.19. The first-order valence-electron chi connectivity index (χ1n) is 4.87. The smallest absolute Gasteiger partial charge is 0.0629 e. The molecule has 0 heterocycles. The van der Waals surface area contributed by atoms with Crippen LogP contribution in [-0.2, 0) is 4.74 Å². The number of ether oxygens (including phenoxy) is 1. The molecule has 0 rings (SSSR count). The number of halogens is 1. The molecule has 0 aliphatic heterocycles. The molecule has 0 atom stereocenters. The van der Waals surface area contributed by atoms with Crippen LogP contribution in [0.3, 0.4) is 0 Å². The summed E-state index contributed by atoms with van der Waals surface area (Å²) in [5.41, 5.74) is 1.46. The highest BCUT2D eigenvalue weighted by Crippen LogP contribution is 2.19. The van der Waals surface area contributed by atoms with E-state index in [1.54, 1.807) is 0 Å². The van der Waals surface area contributed by atoms with Crippen LogP contribution >= 0.6 is 15.9 Å². The zero-order chi connectivity index (χ0) is 10.3. The average molecular weight is 249 g/mol. The van der Waals surface area contributed by atoms with E-state index in [0.29, 0.717) is 0 Å². The van der Waals surface area contributed by atoms with Crippen LogP contribution < -0.4 is 0 Å². The molecule has 0 aromatic rings. The predicted octanol–water partition coefficient (Wildman–Crippen LogP) is 3.92. The molecule has 0 bridgehead atoms. The molecule has 0 saturated heterocycles. The minimum atomic E-state index is 0.0240. The Labute approximate surface area is 90.7 Å². The summed E-state index contributed by atoms with van der Waals surface area (Å²) in [6.45, 7) is 9.32. The summed E-state index contributed by atoms with van der Waals surface area (Å²) in [5, 5.41) is 0.952. The number of allylic oxidation sites excluding steroid dienone is 2. The predicted molar refractivity (Wildman–Crippen MR) is 62.5 cm³/mol. The maximum absolute atomic E-state index is 5.62. The van der Waals surface area contributed by atoms with Crippen molar-refractivity contribution in [2.45, 2.75) is 46.1 Å². The van der Waals surface area contributed by atoms with Gasteiger partial charge in [0.05, 0.1) is 5.60 Å². The van der Waals surface area contributed by atoms with E-state index in [1.165, 1.54) is 5.57 Å². The van der Waals surface area contributed by atoms with Crippen molar-refractivity contribution in [3.8, 4) is 0 Å². The lowest BCUT2D eigenvalue weighted by molar-refractivity contribution is -0.0158. The van der Waals surface area contributed by atoms with Crippen molar-refractivity contribution in [3.63, 3.8) is 0 Å². The topological polar surface area (TPSA) is 9.23 Å². The fourth-order valence-electron chi connectivity index (χ4n) is 1.19. The Morgan fingerprint density at radius 2 is 2.08 bits per heavy atom. The van der Waals surface area contributed by atoms with Crippen molar-refractivity contribution < 1.29 is 4.74 Å². The Hall–Kier alpha value is 0.180. The zero-order valence-corrected chi connectivity index (χ0v) is 10.8. The number of rotatable bonds is 6. The minimum Gasteiger partial charge on any atom is -0.376 e. The highest BCUT2D eigenvalue weighted by atomic mass is 79.9. The van der Waals surface area contributed by atoms with Crippen LogP contribution in [-0.4, -0.2) is 17.5 Å². The Balaban J connectivity index is 3.80. The van der Waals surface area contributed by atoms with Gasteiger partial charge in [0.1, 0.15) is 0 Å². The van der Waals surface area contributed by atoms with E-state index < -0.39 is 0 Å². The van der Waals surface area contributed by atoms with Gasteiger partial charge < -0.3 is 4.74 Å². The van der Waals surface area contributed by atoms with Crippen molar-refractivity contribution in [3.05, 3.63) is 11.6 Å². The summed E-state index contributed by atoms with van der Waals surface area (Å²) in [6, 6.07) is 0. The third-order valence-corrected chi connectivity index (χ3v) is 2.41. The molecule has 0 unspecified atom stereocenters. The Morgan fingerprint density at radius 3 is 2.54 bits per heavy atom. The number of alkyl halides is 1. The molecule has 0 saturated carbocycles. The van der Waals surface area contributed by atoms with Crippen LogP contribution in [0.15, 0.2) is 11.6 Å². The van der Waals surface area contributed by atoms with Gasteiger partial charge in [-0.05, 0) is 40.5 Å². The van der Waals surface area contributed by atoms with Gasteiger partial charge >= 0.3 is 0 Å². The molecule has 0 radical (unpaired) electrons. The Kier molecular flexibility index (Phi) is 6.70. The van der Waals surface area contributed by atoms with Gasteiger partial charge in [0.25, 0.3) is 0 Å². The van der Waals surface area contributed by atoms with E-state index in [0.717, 1.165) is 24.8 Å². The lowest BCUT2D eigenvalue weighted by atomic mass is 9.99. The van der Waals surface area contributed by atoms with Crippen molar-refractivity contribution in [2.75, 3.05) is 11.9 Å². The summed E-state index contributed by atoms with van der Waals surface area (Å²) in [4.78, 5) is 0. The molecule has 0 aromatic heterocycles. The Morgan fingerprint density at radius 1 is 1.46 bits per heavy atom.